The molecule has 7 heteroatoms. The summed E-state index contributed by atoms with van der Waals surface area (Å²) in [7, 11) is 0. The highest BCUT2D eigenvalue weighted by Crippen LogP contribution is 2.26. The van der Waals surface area contributed by atoms with Crippen molar-refractivity contribution in [1.29, 1.82) is 0 Å². The van der Waals surface area contributed by atoms with E-state index in [-0.39, 0.29) is 0 Å². The van der Waals surface area contributed by atoms with Gasteiger partial charge in [0.15, 0.2) is 5.82 Å². The number of rotatable bonds is 5. The lowest BCUT2D eigenvalue weighted by molar-refractivity contribution is 0.318. The molecule has 124 valence electrons. The molecule has 0 radical (unpaired) electrons. The number of imidazole rings is 1. The molecule has 1 aliphatic heterocycles. The van der Waals surface area contributed by atoms with Gasteiger partial charge in [-0.25, -0.2) is 15.0 Å². The fraction of sp³-hybridized carbons (Fsp3) is 0.412. The number of aromatic nitrogens is 5. The summed E-state index contributed by atoms with van der Waals surface area (Å²) in [6, 6.07) is 0. The van der Waals surface area contributed by atoms with Crippen LogP contribution >= 0.6 is 11.3 Å². The van der Waals surface area contributed by atoms with Gasteiger partial charge in [-0.1, -0.05) is 0 Å². The molecule has 1 N–H and O–H groups in total. The summed E-state index contributed by atoms with van der Waals surface area (Å²) in [5.74, 6) is 1.41. The van der Waals surface area contributed by atoms with E-state index in [2.05, 4.69) is 36.7 Å². The van der Waals surface area contributed by atoms with Gasteiger partial charge in [-0.3, -0.25) is 9.88 Å². The number of thiazole rings is 1. The molecular formula is C17H20N6S. The minimum atomic E-state index is 0.614. The number of hydrogen-bond donors (Lipinski definition) is 1. The SMILES string of the molecule is Cc1ncsc1CN1CCC(Cc2nccnc2-c2ncc[nH]2)C1. The third kappa shape index (κ3) is 3.22. The van der Waals surface area contributed by atoms with E-state index in [1.165, 1.54) is 11.3 Å². The first-order chi connectivity index (χ1) is 11.8. The van der Waals surface area contributed by atoms with Crippen molar-refractivity contribution in [1.82, 2.24) is 29.8 Å². The second kappa shape index (κ2) is 6.78. The predicted octanol–water partition coefficient (Wildman–Crippen LogP) is 2.70. The molecule has 1 saturated heterocycles. The quantitative estimate of drug-likeness (QED) is 0.773. The molecule has 1 atom stereocenters. The highest BCUT2D eigenvalue weighted by molar-refractivity contribution is 7.09. The summed E-state index contributed by atoms with van der Waals surface area (Å²) in [6.45, 7) is 5.34. The number of likely N-dealkylation sites (tertiary alicyclic amines) is 1. The molecule has 0 aliphatic carbocycles. The van der Waals surface area contributed by atoms with Crippen molar-refractivity contribution >= 4 is 11.3 Å². The summed E-state index contributed by atoms with van der Waals surface area (Å²) >= 11 is 1.75. The first-order valence-corrected chi connectivity index (χ1v) is 9.08. The van der Waals surface area contributed by atoms with Crippen molar-refractivity contribution in [3.63, 3.8) is 0 Å². The van der Waals surface area contributed by atoms with Crippen molar-refractivity contribution in [2.45, 2.75) is 26.3 Å². The monoisotopic (exact) mass is 340 g/mol. The van der Waals surface area contributed by atoms with E-state index in [0.29, 0.717) is 5.92 Å². The Labute approximate surface area is 145 Å². The average Bonchev–Trinajstić information content (AvgIpc) is 3.32. The standard InChI is InChI=1S/C17H20N6S/c1-12-15(24-11-22-12)10-23-7-2-13(9-23)8-14-16(19-4-3-18-14)17-20-5-6-21-17/h3-6,11,13H,2,7-10H2,1H3,(H,20,21). The van der Waals surface area contributed by atoms with E-state index >= 15 is 0 Å². The molecule has 1 fully saturated rings. The van der Waals surface area contributed by atoms with Crippen LogP contribution in [0.3, 0.4) is 0 Å². The van der Waals surface area contributed by atoms with Crippen LogP contribution < -0.4 is 0 Å². The van der Waals surface area contributed by atoms with Gasteiger partial charge in [0.1, 0.15) is 5.69 Å². The largest absolute Gasteiger partial charge is 0.343 e. The normalized spacial score (nSPS) is 18.3. The van der Waals surface area contributed by atoms with Gasteiger partial charge in [0.25, 0.3) is 0 Å². The van der Waals surface area contributed by atoms with Gasteiger partial charge >= 0.3 is 0 Å². The fourth-order valence-corrected chi connectivity index (χ4v) is 4.10. The Kier molecular flexibility index (Phi) is 4.36. The van der Waals surface area contributed by atoms with Crippen LogP contribution in [0.5, 0.6) is 0 Å². The van der Waals surface area contributed by atoms with E-state index < -0.39 is 0 Å². The number of hydrogen-bond acceptors (Lipinski definition) is 6. The summed E-state index contributed by atoms with van der Waals surface area (Å²) in [4.78, 5) is 24.7. The Balaban J connectivity index is 1.43. The first-order valence-electron chi connectivity index (χ1n) is 8.20. The Morgan fingerprint density at radius 2 is 2.12 bits per heavy atom. The Morgan fingerprint density at radius 3 is 2.92 bits per heavy atom. The van der Waals surface area contributed by atoms with Crippen LogP contribution in [0, 0.1) is 12.8 Å². The van der Waals surface area contributed by atoms with Crippen LogP contribution in [0.1, 0.15) is 22.7 Å². The van der Waals surface area contributed by atoms with E-state index in [1.54, 1.807) is 29.9 Å². The molecule has 1 aliphatic rings. The van der Waals surface area contributed by atoms with Crippen molar-refractivity contribution in [2.75, 3.05) is 13.1 Å². The van der Waals surface area contributed by atoms with Gasteiger partial charge < -0.3 is 4.98 Å². The molecule has 24 heavy (non-hydrogen) atoms. The molecule has 0 aromatic carbocycles. The van der Waals surface area contributed by atoms with Crippen LogP contribution in [0.25, 0.3) is 11.5 Å². The van der Waals surface area contributed by atoms with Crippen LogP contribution in [-0.4, -0.2) is 42.9 Å². The molecule has 4 rings (SSSR count). The van der Waals surface area contributed by atoms with E-state index in [0.717, 1.165) is 49.0 Å². The van der Waals surface area contributed by atoms with Crippen molar-refractivity contribution < 1.29 is 0 Å². The van der Waals surface area contributed by atoms with E-state index in [9.17, 15) is 0 Å². The second-order valence-electron chi connectivity index (χ2n) is 6.24. The van der Waals surface area contributed by atoms with Gasteiger partial charge in [0.05, 0.1) is 16.9 Å². The number of H-pyrrole nitrogens is 1. The topological polar surface area (TPSA) is 70.6 Å². The minimum Gasteiger partial charge on any atom is -0.343 e. The summed E-state index contributed by atoms with van der Waals surface area (Å²) in [5.41, 5.74) is 5.01. The Morgan fingerprint density at radius 1 is 1.21 bits per heavy atom. The predicted molar refractivity (Wildman–Crippen MR) is 93.6 cm³/mol. The molecule has 0 amide bonds. The minimum absolute atomic E-state index is 0.614. The van der Waals surface area contributed by atoms with Gasteiger partial charge in [0.2, 0.25) is 0 Å². The van der Waals surface area contributed by atoms with Gasteiger partial charge in [-0.2, -0.15) is 0 Å². The van der Waals surface area contributed by atoms with Crippen molar-refractivity contribution in [3.8, 4) is 11.5 Å². The van der Waals surface area contributed by atoms with Crippen LogP contribution in [0.4, 0.5) is 0 Å². The van der Waals surface area contributed by atoms with Crippen LogP contribution in [0.2, 0.25) is 0 Å². The molecule has 3 aromatic heterocycles. The molecule has 6 nitrogen and oxygen atoms in total. The van der Waals surface area contributed by atoms with Gasteiger partial charge in [-0.15, -0.1) is 11.3 Å². The summed E-state index contributed by atoms with van der Waals surface area (Å²) in [6.07, 6.45) is 9.23. The second-order valence-corrected chi connectivity index (χ2v) is 7.18. The van der Waals surface area contributed by atoms with Gasteiger partial charge in [0, 0.05) is 42.8 Å². The zero-order valence-electron chi connectivity index (χ0n) is 13.6. The van der Waals surface area contributed by atoms with Crippen LogP contribution in [0.15, 0.2) is 30.3 Å². The van der Waals surface area contributed by atoms with E-state index in [4.69, 9.17) is 0 Å². The smallest absolute Gasteiger partial charge is 0.157 e. The van der Waals surface area contributed by atoms with Crippen molar-refractivity contribution in [3.05, 3.63) is 46.6 Å². The first kappa shape index (κ1) is 15.4. The van der Waals surface area contributed by atoms with E-state index in [1.807, 2.05) is 11.7 Å². The molecule has 0 saturated carbocycles. The molecule has 0 bridgehead atoms. The molecule has 3 aromatic rings. The lowest BCUT2D eigenvalue weighted by atomic mass is 10.0. The lowest BCUT2D eigenvalue weighted by Gasteiger charge is -2.15. The average molecular weight is 340 g/mol. The molecule has 1 unspecified atom stereocenters. The maximum Gasteiger partial charge on any atom is 0.157 e. The highest BCUT2D eigenvalue weighted by atomic mass is 32.1. The maximum atomic E-state index is 4.56. The highest BCUT2D eigenvalue weighted by Gasteiger charge is 2.25. The zero-order chi connectivity index (χ0) is 16.4. The fourth-order valence-electron chi connectivity index (χ4n) is 3.29. The Bertz CT molecular complexity index is 797. The van der Waals surface area contributed by atoms with Crippen LogP contribution in [-0.2, 0) is 13.0 Å². The number of nitrogens with one attached hydrogen (secondary N) is 1. The molecule has 0 spiro atoms. The third-order valence-electron chi connectivity index (χ3n) is 4.56. The molecular weight excluding hydrogens is 320 g/mol. The zero-order valence-corrected chi connectivity index (χ0v) is 14.5. The third-order valence-corrected chi connectivity index (χ3v) is 5.48. The van der Waals surface area contributed by atoms with Gasteiger partial charge in [-0.05, 0) is 32.2 Å². The van der Waals surface area contributed by atoms with Crippen molar-refractivity contribution in [2.24, 2.45) is 5.92 Å². The maximum absolute atomic E-state index is 4.56. The summed E-state index contributed by atoms with van der Waals surface area (Å²) in [5, 5.41) is 0. The number of nitrogens with zero attached hydrogens (tertiary/aromatic N) is 5. The Hall–Kier alpha value is -2.12. The lowest BCUT2D eigenvalue weighted by Crippen LogP contribution is -2.20. The summed E-state index contributed by atoms with van der Waals surface area (Å²) < 4.78 is 0. The number of aryl methyl sites for hydroxylation is 1. The molecule has 4 heterocycles. The number of aromatic amines is 1.